The molecule has 1 atom stereocenters. The first-order valence-electron chi connectivity index (χ1n) is 5.67. The molecule has 0 amide bonds. The number of carbonyl (C=O) groups is 2. The van der Waals surface area contributed by atoms with Gasteiger partial charge in [0, 0.05) is 0 Å². The highest BCUT2D eigenvalue weighted by Crippen LogP contribution is 2.10. The van der Waals surface area contributed by atoms with E-state index in [1.165, 1.54) is 6.07 Å². The van der Waals surface area contributed by atoms with Gasteiger partial charge in [-0.25, -0.2) is 4.79 Å². The van der Waals surface area contributed by atoms with E-state index in [4.69, 9.17) is 14.6 Å². The van der Waals surface area contributed by atoms with Crippen LogP contribution in [0.1, 0.15) is 36.4 Å². The van der Waals surface area contributed by atoms with Gasteiger partial charge in [-0.15, -0.1) is 0 Å². The van der Waals surface area contributed by atoms with Crippen molar-refractivity contribution in [2.45, 2.75) is 32.9 Å². The van der Waals surface area contributed by atoms with Crippen molar-refractivity contribution in [1.82, 2.24) is 5.32 Å². The van der Waals surface area contributed by atoms with Crippen LogP contribution in [0.15, 0.2) is 16.7 Å². The molecule has 0 radical (unpaired) electrons. The summed E-state index contributed by atoms with van der Waals surface area (Å²) in [6.07, 6.45) is 1.64. The Morgan fingerprint density at radius 2 is 2.06 bits per heavy atom. The van der Waals surface area contributed by atoms with E-state index in [9.17, 15) is 9.59 Å². The smallest absolute Gasteiger partial charge is 0.338 e. The lowest BCUT2D eigenvalue weighted by Gasteiger charge is -2.15. The lowest BCUT2D eigenvalue weighted by Crippen LogP contribution is -2.37. The first-order valence-corrected chi connectivity index (χ1v) is 5.67. The van der Waals surface area contributed by atoms with Gasteiger partial charge in [0.2, 0.25) is 0 Å². The van der Waals surface area contributed by atoms with Crippen LogP contribution in [-0.4, -0.2) is 28.2 Å². The van der Waals surface area contributed by atoms with Gasteiger partial charge in [0.05, 0.1) is 12.1 Å². The Morgan fingerprint density at radius 3 is 2.50 bits per heavy atom. The summed E-state index contributed by atoms with van der Waals surface area (Å²) >= 11 is 0. The maximum Gasteiger partial charge on any atom is 0.338 e. The quantitative estimate of drug-likeness (QED) is 0.683. The Balaban J connectivity index is 2.55. The number of hydrogen-bond donors (Lipinski definition) is 3. The molecule has 1 heterocycles. The third kappa shape index (κ3) is 4.21. The average Bonchev–Trinajstić information content (AvgIpc) is 2.72. The lowest BCUT2D eigenvalue weighted by atomic mass is 10.0. The van der Waals surface area contributed by atoms with Crippen molar-refractivity contribution in [3.05, 3.63) is 23.7 Å². The summed E-state index contributed by atoms with van der Waals surface area (Å²) in [7, 11) is 0. The minimum Gasteiger partial charge on any atom is -0.480 e. The highest BCUT2D eigenvalue weighted by atomic mass is 16.4. The first-order chi connectivity index (χ1) is 8.40. The number of aliphatic carboxylic acids is 1. The zero-order chi connectivity index (χ0) is 13.7. The Labute approximate surface area is 105 Å². The molecule has 0 aliphatic heterocycles. The predicted molar refractivity (Wildman–Crippen MR) is 63.4 cm³/mol. The van der Waals surface area contributed by atoms with Gasteiger partial charge < -0.3 is 14.6 Å². The summed E-state index contributed by atoms with van der Waals surface area (Å²) in [6.45, 7) is 4.07. The van der Waals surface area contributed by atoms with Gasteiger partial charge in [0.15, 0.2) is 0 Å². The third-order valence-corrected chi connectivity index (χ3v) is 2.43. The summed E-state index contributed by atoms with van der Waals surface area (Å²) in [5, 5.41) is 20.5. The Hall–Kier alpha value is -1.82. The second-order valence-corrected chi connectivity index (χ2v) is 4.51. The van der Waals surface area contributed by atoms with E-state index in [1.54, 1.807) is 0 Å². The average molecular weight is 255 g/mol. The van der Waals surface area contributed by atoms with Crippen molar-refractivity contribution in [2.75, 3.05) is 0 Å². The fraction of sp³-hybridized carbons (Fsp3) is 0.500. The summed E-state index contributed by atoms with van der Waals surface area (Å²) in [4.78, 5) is 21.6. The second-order valence-electron chi connectivity index (χ2n) is 4.51. The standard InChI is InChI=1S/C12H17NO5/c1-7(2)3-10(12(16)17)13-5-9-4-8(6-18-9)11(14)15/h4,6-7,10,13H,3,5H2,1-2H3,(H,14,15)(H,16,17). The monoisotopic (exact) mass is 255 g/mol. The van der Waals surface area contributed by atoms with Gasteiger partial charge in [-0.1, -0.05) is 13.8 Å². The maximum atomic E-state index is 11.0. The van der Waals surface area contributed by atoms with Crippen molar-refractivity contribution in [2.24, 2.45) is 5.92 Å². The van der Waals surface area contributed by atoms with Crippen LogP contribution in [-0.2, 0) is 11.3 Å². The van der Waals surface area contributed by atoms with Gasteiger partial charge in [-0.2, -0.15) is 0 Å². The molecule has 1 unspecified atom stereocenters. The second kappa shape index (κ2) is 6.20. The molecule has 0 spiro atoms. The summed E-state index contributed by atoms with van der Waals surface area (Å²) < 4.78 is 5.02. The van der Waals surface area contributed by atoms with Crippen molar-refractivity contribution in [1.29, 1.82) is 0 Å². The van der Waals surface area contributed by atoms with Gasteiger partial charge in [0.1, 0.15) is 18.1 Å². The van der Waals surface area contributed by atoms with E-state index in [0.717, 1.165) is 6.26 Å². The highest BCUT2D eigenvalue weighted by Gasteiger charge is 2.19. The normalized spacial score (nSPS) is 12.6. The minimum atomic E-state index is -1.07. The van der Waals surface area contributed by atoms with E-state index in [-0.39, 0.29) is 18.0 Å². The predicted octanol–water partition coefficient (Wildman–Crippen LogP) is 1.57. The SMILES string of the molecule is CC(C)CC(NCc1cc(C(=O)O)co1)C(=O)O. The number of aromatic carboxylic acids is 1. The molecule has 0 aliphatic rings. The fourth-order valence-electron chi connectivity index (χ4n) is 1.55. The Morgan fingerprint density at radius 1 is 1.39 bits per heavy atom. The highest BCUT2D eigenvalue weighted by molar-refractivity contribution is 5.87. The molecule has 3 N–H and O–H groups in total. The zero-order valence-electron chi connectivity index (χ0n) is 10.3. The van der Waals surface area contributed by atoms with E-state index in [2.05, 4.69) is 5.32 Å². The van der Waals surface area contributed by atoms with Gasteiger partial charge >= 0.3 is 11.9 Å². The zero-order valence-corrected chi connectivity index (χ0v) is 10.3. The van der Waals surface area contributed by atoms with Crippen molar-refractivity contribution >= 4 is 11.9 Å². The summed E-state index contributed by atoms with van der Waals surface area (Å²) in [6, 6.07) is 0.715. The Bertz CT molecular complexity index is 424. The van der Waals surface area contributed by atoms with Crippen LogP contribution in [0.3, 0.4) is 0 Å². The minimum absolute atomic E-state index is 0.0579. The molecule has 6 nitrogen and oxygen atoms in total. The molecule has 1 aromatic rings. The third-order valence-electron chi connectivity index (χ3n) is 2.43. The molecule has 0 saturated carbocycles. The van der Waals surface area contributed by atoms with Gasteiger partial charge in [-0.05, 0) is 18.4 Å². The summed E-state index contributed by atoms with van der Waals surface area (Å²) in [5.74, 6) is -1.33. The van der Waals surface area contributed by atoms with Gasteiger partial charge in [0.25, 0.3) is 0 Å². The molecule has 0 aromatic carbocycles. The van der Waals surface area contributed by atoms with E-state index >= 15 is 0 Å². The molecule has 0 saturated heterocycles. The van der Waals surface area contributed by atoms with Crippen LogP contribution in [0, 0.1) is 5.92 Å². The molecule has 0 fully saturated rings. The molecular formula is C12H17NO5. The molecule has 18 heavy (non-hydrogen) atoms. The number of carboxylic acid groups (broad SMARTS) is 2. The molecule has 6 heteroatoms. The largest absolute Gasteiger partial charge is 0.480 e. The van der Waals surface area contributed by atoms with Crippen LogP contribution < -0.4 is 5.32 Å². The van der Waals surface area contributed by atoms with Crippen LogP contribution in [0.4, 0.5) is 0 Å². The van der Waals surface area contributed by atoms with Crippen molar-refractivity contribution in [3.63, 3.8) is 0 Å². The maximum absolute atomic E-state index is 11.0. The number of rotatable bonds is 7. The molecule has 1 aromatic heterocycles. The number of carboxylic acids is 2. The molecular weight excluding hydrogens is 238 g/mol. The number of nitrogens with one attached hydrogen (secondary N) is 1. The summed E-state index contributed by atoms with van der Waals surface area (Å²) in [5.41, 5.74) is 0.0579. The number of hydrogen-bond acceptors (Lipinski definition) is 4. The fourth-order valence-corrected chi connectivity index (χ4v) is 1.55. The van der Waals surface area contributed by atoms with Crippen LogP contribution >= 0.6 is 0 Å². The van der Waals surface area contributed by atoms with Crippen LogP contribution in [0.2, 0.25) is 0 Å². The molecule has 0 aliphatic carbocycles. The van der Waals surface area contributed by atoms with Gasteiger partial charge in [-0.3, -0.25) is 10.1 Å². The van der Waals surface area contributed by atoms with Crippen molar-refractivity contribution in [3.8, 4) is 0 Å². The Kier molecular flexibility index (Phi) is 4.91. The molecule has 1 rings (SSSR count). The first kappa shape index (κ1) is 14.2. The van der Waals surface area contributed by atoms with Crippen LogP contribution in [0.25, 0.3) is 0 Å². The topological polar surface area (TPSA) is 99.8 Å². The van der Waals surface area contributed by atoms with E-state index in [1.807, 2.05) is 13.8 Å². The molecule has 0 bridgehead atoms. The van der Waals surface area contributed by atoms with Crippen LogP contribution in [0.5, 0.6) is 0 Å². The lowest BCUT2D eigenvalue weighted by molar-refractivity contribution is -0.140. The number of furan rings is 1. The van der Waals surface area contributed by atoms with Crippen molar-refractivity contribution < 1.29 is 24.2 Å². The van der Waals surface area contributed by atoms with E-state index < -0.39 is 18.0 Å². The van der Waals surface area contributed by atoms with E-state index in [0.29, 0.717) is 12.2 Å². The molecule has 100 valence electrons.